The van der Waals surface area contributed by atoms with E-state index < -0.39 is 17.6 Å². The average Bonchev–Trinajstić information content (AvgIpc) is 2.96. The number of hydrogen-bond acceptors (Lipinski definition) is 3. The van der Waals surface area contributed by atoms with E-state index in [4.69, 9.17) is 0 Å². The van der Waals surface area contributed by atoms with Crippen molar-refractivity contribution in [2.24, 2.45) is 0 Å². The summed E-state index contributed by atoms with van der Waals surface area (Å²) in [5.41, 5.74) is 4.65. The Morgan fingerprint density at radius 3 is 2.17 bits per heavy atom. The van der Waals surface area contributed by atoms with Gasteiger partial charge in [0.1, 0.15) is 11.5 Å². The number of para-hydroxylation sites is 2. The van der Waals surface area contributed by atoms with Gasteiger partial charge < -0.3 is 5.32 Å². The highest BCUT2D eigenvalue weighted by atomic mass is 19.1. The summed E-state index contributed by atoms with van der Waals surface area (Å²) in [4.78, 5) is 27.6. The van der Waals surface area contributed by atoms with Gasteiger partial charge in [-0.3, -0.25) is 9.59 Å². The summed E-state index contributed by atoms with van der Waals surface area (Å²) in [5, 5.41) is 3.14. The Labute approximate surface area is 174 Å². The van der Waals surface area contributed by atoms with Crippen LogP contribution in [0.5, 0.6) is 0 Å². The van der Waals surface area contributed by atoms with Gasteiger partial charge in [-0.1, -0.05) is 48.5 Å². The lowest BCUT2D eigenvalue weighted by molar-refractivity contribution is -0.120. The van der Waals surface area contributed by atoms with E-state index in [9.17, 15) is 14.0 Å². The van der Waals surface area contributed by atoms with Gasteiger partial charge in [-0.25, -0.2) is 9.29 Å². The second-order valence-corrected chi connectivity index (χ2v) is 7.39. The highest BCUT2D eigenvalue weighted by Crippen LogP contribution is 2.35. The Morgan fingerprint density at radius 2 is 1.47 bits per heavy atom. The third-order valence-electron chi connectivity index (χ3n) is 5.38. The van der Waals surface area contributed by atoms with E-state index in [0.717, 1.165) is 21.6 Å². The van der Waals surface area contributed by atoms with Crippen LogP contribution in [0.1, 0.15) is 22.3 Å². The number of hydrogen-bond donors (Lipinski definition) is 1. The number of rotatable bonds is 4. The number of carbonyl (C=O) groups excluding carboxylic acids is 2. The molecule has 0 aromatic heterocycles. The molecule has 0 radical (unpaired) electrons. The van der Waals surface area contributed by atoms with Crippen molar-refractivity contribution in [3.63, 3.8) is 0 Å². The number of amides is 2. The van der Waals surface area contributed by atoms with Crippen LogP contribution in [-0.2, 0) is 9.59 Å². The molecule has 4 rings (SSSR count). The van der Waals surface area contributed by atoms with Crippen LogP contribution in [0.2, 0.25) is 0 Å². The van der Waals surface area contributed by atoms with Crippen LogP contribution in [0.15, 0.2) is 72.4 Å². The third-order valence-corrected chi connectivity index (χ3v) is 5.38. The molecule has 0 bridgehead atoms. The summed E-state index contributed by atoms with van der Waals surface area (Å²) in [6.45, 7) is 5.84. The van der Waals surface area contributed by atoms with Gasteiger partial charge in [0.2, 0.25) is 0 Å². The molecule has 0 saturated carbocycles. The van der Waals surface area contributed by atoms with Gasteiger partial charge >= 0.3 is 0 Å². The molecule has 150 valence electrons. The maximum Gasteiger partial charge on any atom is 0.282 e. The number of aryl methyl sites for hydroxylation is 3. The van der Waals surface area contributed by atoms with Crippen LogP contribution in [0.4, 0.5) is 15.8 Å². The highest BCUT2D eigenvalue weighted by molar-refractivity contribution is 6.46. The number of nitrogens with one attached hydrogen (secondary N) is 1. The first-order chi connectivity index (χ1) is 14.4. The van der Waals surface area contributed by atoms with Crippen LogP contribution in [-0.4, -0.2) is 11.8 Å². The van der Waals surface area contributed by atoms with Crippen molar-refractivity contribution in [1.82, 2.24) is 0 Å². The zero-order valence-electron chi connectivity index (χ0n) is 17.0. The maximum atomic E-state index is 14.5. The molecule has 2 amide bonds. The molecule has 30 heavy (non-hydrogen) atoms. The van der Waals surface area contributed by atoms with Crippen molar-refractivity contribution in [2.45, 2.75) is 20.8 Å². The van der Waals surface area contributed by atoms with Gasteiger partial charge in [0.25, 0.3) is 11.8 Å². The van der Waals surface area contributed by atoms with E-state index >= 15 is 0 Å². The van der Waals surface area contributed by atoms with Crippen molar-refractivity contribution >= 4 is 28.8 Å². The Kier molecular flexibility index (Phi) is 4.96. The monoisotopic (exact) mass is 400 g/mol. The lowest BCUT2D eigenvalue weighted by Crippen LogP contribution is -2.33. The molecule has 0 unspecified atom stereocenters. The SMILES string of the molecule is Cc1ccc(C2=C(Nc3ccccc3C)C(=O)N(c3ccccc3F)C2=O)cc1C. The molecule has 1 aliphatic rings. The number of benzene rings is 3. The first-order valence-electron chi connectivity index (χ1n) is 9.66. The van der Waals surface area contributed by atoms with Gasteiger partial charge in [-0.05, 0) is 61.2 Å². The molecular weight excluding hydrogens is 379 g/mol. The summed E-state index contributed by atoms with van der Waals surface area (Å²) < 4.78 is 14.5. The normalized spacial score (nSPS) is 13.9. The zero-order chi connectivity index (χ0) is 21.4. The van der Waals surface area contributed by atoms with Crippen molar-refractivity contribution < 1.29 is 14.0 Å². The van der Waals surface area contributed by atoms with E-state index in [0.29, 0.717) is 11.3 Å². The topological polar surface area (TPSA) is 49.4 Å². The summed E-state index contributed by atoms with van der Waals surface area (Å²) in [6, 6.07) is 18.9. The van der Waals surface area contributed by atoms with Crippen LogP contribution in [0.3, 0.4) is 0 Å². The summed E-state index contributed by atoms with van der Waals surface area (Å²) in [6.07, 6.45) is 0. The van der Waals surface area contributed by atoms with E-state index in [1.54, 1.807) is 6.07 Å². The summed E-state index contributed by atoms with van der Waals surface area (Å²) in [7, 11) is 0. The highest BCUT2D eigenvalue weighted by Gasteiger charge is 2.41. The number of nitrogens with zero attached hydrogens (tertiary/aromatic N) is 1. The molecule has 5 heteroatoms. The summed E-state index contributed by atoms with van der Waals surface area (Å²) in [5.74, 6) is -1.76. The number of imide groups is 1. The van der Waals surface area contributed by atoms with Gasteiger partial charge in [0, 0.05) is 5.69 Å². The van der Waals surface area contributed by atoms with Gasteiger partial charge in [-0.15, -0.1) is 0 Å². The van der Waals surface area contributed by atoms with Crippen LogP contribution >= 0.6 is 0 Å². The Hall–Kier alpha value is -3.73. The molecule has 1 aliphatic heterocycles. The quantitative estimate of drug-likeness (QED) is 0.617. The van der Waals surface area contributed by atoms with E-state index in [-0.39, 0.29) is 17.0 Å². The van der Waals surface area contributed by atoms with Gasteiger partial charge in [-0.2, -0.15) is 0 Å². The average molecular weight is 400 g/mol. The molecule has 0 fully saturated rings. The molecule has 0 saturated heterocycles. The summed E-state index contributed by atoms with van der Waals surface area (Å²) >= 11 is 0. The van der Waals surface area contributed by atoms with E-state index in [1.165, 1.54) is 18.2 Å². The molecule has 4 nitrogen and oxygen atoms in total. The second-order valence-electron chi connectivity index (χ2n) is 7.39. The van der Waals surface area contributed by atoms with Gasteiger partial charge in [0.15, 0.2) is 0 Å². The van der Waals surface area contributed by atoms with Crippen LogP contribution < -0.4 is 10.2 Å². The fourth-order valence-corrected chi connectivity index (χ4v) is 3.51. The van der Waals surface area contributed by atoms with Gasteiger partial charge in [0.05, 0.1) is 11.3 Å². The predicted molar refractivity (Wildman–Crippen MR) is 117 cm³/mol. The lowest BCUT2D eigenvalue weighted by Gasteiger charge is -2.16. The Bertz CT molecular complexity index is 1210. The predicted octanol–water partition coefficient (Wildman–Crippen LogP) is 5.15. The minimum absolute atomic E-state index is 0.0598. The molecule has 1 heterocycles. The minimum Gasteiger partial charge on any atom is -0.350 e. The zero-order valence-corrected chi connectivity index (χ0v) is 17.0. The van der Waals surface area contributed by atoms with Crippen molar-refractivity contribution in [1.29, 1.82) is 0 Å². The van der Waals surface area contributed by atoms with Crippen molar-refractivity contribution in [2.75, 3.05) is 10.2 Å². The molecule has 3 aromatic rings. The van der Waals surface area contributed by atoms with Crippen molar-refractivity contribution in [3.8, 4) is 0 Å². The standard InChI is InChI=1S/C25H21FN2O2/c1-15-12-13-18(14-17(15)3)22-23(27-20-10-6-4-8-16(20)2)25(30)28(24(22)29)21-11-7-5-9-19(21)26/h4-14,27H,1-3H3. The Morgan fingerprint density at radius 1 is 0.767 bits per heavy atom. The van der Waals surface area contributed by atoms with Crippen LogP contribution in [0, 0.1) is 26.6 Å². The van der Waals surface area contributed by atoms with Crippen LogP contribution in [0.25, 0.3) is 5.57 Å². The first-order valence-corrected chi connectivity index (χ1v) is 9.66. The molecule has 0 aliphatic carbocycles. The number of halogens is 1. The minimum atomic E-state index is -0.629. The number of carbonyl (C=O) groups is 2. The molecule has 1 N–H and O–H groups in total. The molecular formula is C25H21FN2O2. The molecule has 0 atom stereocenters. The van der Waals surface area contributed by atoms with E-state index in [2.05, 4.69) is 5.32 Å². The number of anilines is 2. The molecule has 0 spiro atoms. The second kappa shape index (κ2) is 7.59. The smallest absolute Gasteiger partial charge is 0.282 e. The molecule has 3 aromatic carbocycles. The Balaban J connectivity index is 1.89. The fourth-order valence-electron chi connectivity index (χ4n) is 3.51. The largest absolute Gasteiger partial charge is 0.350 e. The fraction of sp³-hybridized carbons (Fsp3) is 0.120. The third kappa shape index (κ3) is 3.28. The first kappa shape index (κ1) is 19.6. The van der Waals surface area contributed by atoms with Crippen molar-refractivity contribution in [3.05, 3.63) is 100 Å². The lowest BCUT2D eigenvalue weighted by atomic mass is 9.99. The van der Waals surface area contributed by atoms with E-state index in [1.807, 2.05) is 63.2 Å². The maximum absolute atomic E-state index is 14.5.